The fourth-order valence-corrected chi connectivity index (χ4v) is 1.78. The van der Waals surface area contributed by atoms with Crippen molar-refractivity contribution in [3.05, 3.63) is 66.0 Å². The second kappa shape index (κ2) is 7.84. The Morgan fingerprint density at radius 3 is 2.65 bits per heavy atom. The van der Waals surface area contributed by atoms with Gasteiger partial charge < -0.3 is 0 Å². The fourth-order valence-electron chi connectivity index (χ4n) is 1.78. The molecule has 0 aliphatic carbocycles. The molecule has 102 valence electrons. The summed E-state index contributed by atoms with van der Waals surface area (Å²) in [5.41, 5.74) is 4.69. The maximum absolute atomic E-state index is 11.6. The number of benzene rings is 1. The Bertz CT molecular complexity index is 552. The number of hydrogen-bond donors (Lipinski definition) is 1. The number of nitrogens with one attached hydrogen (secondary N) is 1. The van der Waals surface area contributed by atoms with Gasteiger partial charge in [0, 0.05) is 18.8 Å². The maximum atomic E-state index is 11.6. The summed E-state index contributed by atoms with van der Waals surface area (Å²) in [6.45, 7) is 0. The highest BCUT2D eigenvalue weighted by Crippen LogP contribution is 2.04. The largest absolute Gasteiger partial charge is 0.273 e. The van der Waals surface area contributed by atoms with E-state index in [1.807, 2.05) is 30.3 Å². The van der Waals surface area contributed by atoms with Crippen molar-refractivity contribution in [2.24, 2.45) is 5.10 Å². The van der Waals surface area contributed by atoms with Crippen molar-refractivity contribution in [2.75, 3.05) is 0 Å². The van der Waals surface area contributed by atoms with Crippen LogP contribution in [-0.4, -0.2) is 17.1 Å². The highest BCUT2D eigenvalue weighted by atomic mass is 16.2. The van der Waals surface area contributed by atoms with E-state index >= 15 is 0 Å². The average molecular weight is 267 g/mol. The van der Waals surface area contributed by atoms with E-state index in [1.54, 1.807) is 18.6 Å². The van der Waals surface area contributed by atoms with E-state index in [4.69, 9.17) is 0 Å². The third kappa shape index (κ3) is 5.02. The van der Waals surface area contributed by atoms with Crippen LogP contribution in [0.5, 0.6) is 0 Å². The van der Waals surface area contributed by atoms with Gasteiger partial charge in [-0.1, -0.05) is 30.3 Å². The average Bonchev–Trinajstić information content (AvgIpc) is 2.49. The number of pyridine rings is 1. The van der Waals surface area contributed by atoms with Crippen molar-refractivity contribution in [1.82, 2.24) is 10.4 Å². The van der Waals surface area contributed by atoms with E-state index in [9.17, 15) is 4.79 Å². The molecule has 0 bridgehead atoms. The van der Waals surface area contributed by atoms with Gasteiger partial charge in [-0.3, -0.25) is 9.78 Å². The highest BCUT2D eigenvalue weighted by Gasteiger charge is 1.99. The lowest BCUT2D eigenvalue weighted by atomic mass is 10.1. The van der Waals surface area contributed by atoms with Crippen molar-refractivity contribution in [3.8, 4) is 0 Å². The van der Waals surface area contributed by atoms with Gasteiger partial charge in [0.25, 0.3) is 0 Å². The lowest BCUT2D eigenvalue weighted by molar-refractivity contribution is -0.121. The van der Waals surface area contributed by atoms with Crippen LogP contribution in [0.15, 0.2) is 60.0 Å². The van der Waals surface area contributed by atoms with Crippen LogP contribution in [-0.2, 0) is 11.2 Å². The van der Waals surface area contributed by atoms with Crippen LogP contribution in [0.1, 0.15) is 24.0 Å². The summed E-state index contributed by atoms with van der Waals surface area (Å²) >= 11 is 0. The summed E-state index contributed by atoms with van der Waals surface area (Å²) in [4.78, 5) is 15.5. The molecule has 2 rings (SSSR count). The van der Waals surface area contributed by atoms with Crippen LogP contribution in [0.3, 0.4) is 0 Å². The predicted octanol–water partition coefficient (Wildman–Crippen LogP) is 2.55. The smallest absolute Gasteiger partial charge is 0.240 e. The van der Waals surface area contributed by atoms with E-state index in [0.717, 1.165) is 18.4 Å². The molecular weight excluding hydrogens is 250 g/mol. The highest BCUT2D eigenvalue weighted by molar-refractivity contribution is 5.82. The third-order valence-corrected chi connectivity index (χ3v) is 2.82. The van der Waals surface area contributed by atoms with E-state index in [0.29, 0.717) is 6.42 Å². The Balaban J connectivity index is 1.67. The summed E-state index contributed by atoms with van der Waals surface area (Å²) in [6, 6.07) is 13.8. The quantitative estimate of drug-likeness (QED) is 0.646. The predicted molar refractivity (Wildman–Crippen MR) is 79.4 cm³/mol. The number of rotatable bonds is 6. The maximum Gasteiger partial charge on any atom is 0.240 e. The van der Waals surface area contributed by atoms with Crippen LogP contribution < -0.4 is 5.43 Å². The second-order valence-corrected chi connectivity index (χ2v) is 4.41. The van der Waals surface area contributed by atoms with Gasteiger partial charge in [-0.05, 0) is 36.1 Å². The molecule has 1 amide bonds. The third-order valence-electron chi connectivity index (χ3n) is 2.82. The van der Waals surface area contributed by atoms with E-state index < -0.39 is 0 Å². The first-order valence-corrected chi connectivity index (χ1v) is 6.60. The molecular formula is C16H17N3O. The number of amides is 1. The van der Waals surface area contributed by atoms with Crippen LogP contribution >= 0.6 is 0 Å². The first-order valence-electron chi connectivity index (χ1n) is 6.60. The lowest BCUT2D eigenvalue weighted by Gasteiger charge is -2.01. The minimum Gasteiger partial charge on any atom is -0.273 e. The topological polar surface area (TPSA) is 54.4 Å². The minimum atomic E-state index is -0.0637. The standard InChI is InChI=1S/C16H17N3O/c20-16(8-4-7-14-5-2-1-3-6-14)19-18-13-15-9-11-17-12-10-15/h1-3,5-6,9-13H,4,7-8H2,(H,19,20). The zero-order valence-corrected chi connectivity index (χ0v) is 11.2. The van der Waals surface area contributed by atoms with E-state index in [2.05, 4.69) is 27.6 Å². The van der Waals surface area contributed by atoms with E-state index in [-0.39, 0.29) is 5.91 Å². The normalized spacial score (nSPS) is 10.6. The number of aryl methyl sites for hydroxylation is 1. The molecule has 0 fully saturated rings. The van der Waals surface area contributed by atoms with Crippen LogP contribution in [0.2, 0.25) is 0 Å². The van der Waals surface area contributed by atoms with Crippen molar-refractivity contribution in [3.63, 3.8) is 0 Å². The number of hydrazone groups is 1. The van der Waals surface area contributed by atoms with Crippen LogP contribution in [0.25, 0.3) is 0 Å². The first-order chi connectivity index (χ1) is 9.84. The SMILES string of the molecule is O=C(CCCc1ccccc1)NN=Cc1ccncc1. The van der Waals surface area contributed by atoms with Crippen molar-refractivity contribution in [2.45, 2.75) is 19.3 Å². The van der Waals surface area contributed by atoms with Gasteiger partial charge in [0.2, 0.25) is 5.91 Å². The van der Waals surface area contributed by atoms with Crippen molar-refractivity contribution >= 4 is 12.1 Å². The van der Waals surface area contributed by atoms with Crippen molar-refractivity contribution in [1.29, 1.82) is 0 Å². The number of carbonyl (C=O) groups excluding carboxylic acids is 1. The summed E-state index contributed by atoms with van der Waals surface area (Å²) in [6.07, 6.45) is 7.17. The Morgan fingerprint density at radius 1 is 1.15 bits per heavy atom. The number of nitrogens with zero attached hydrogens (tertiary/aromatic N) is 2. The summed E-state index contributed by atoms with van der Waals surface area (Å²) in [7, 11) is 0. The minimum absolute atomic E-state index is 0.0637. The zero-order chi connectivity index (χ0) is 14.0. The Kier molecular flexibility index (Phi) is 5.46. The molecule has 2 aromatic rings. The molecule has 0 aliphatic heterocycles. The molecule has 1 heterocycles. The van der Waals surface area contributed by atoms with Crippen molar-refractivity contribution < 1.29 is 4.79 Å². The number of hydrogen-bond acceptors (Lipinski definition) is 3. The monoisotopic (exact) mass is 267 g/mol. The zero-order valence-electron chi connectivity index (χ0n) is 11.2. The molecule has 0 saturated heterocycles. The molecule has 0 radical (unpaired) electrons. The molecule has 4 nitrogen and oxygen atoms in total. The first kappa shape index (κ1) is 13.9. The molecule has 0 atom stereocenters. The van der Waals surface area contributed by atoms with Gasteiger partial charge in [0.1, 0.15) is 0 Å². The number of carbonyl (C=O) groups is 1. The summed E-state index contributed by atoms with van der Waals surface area (Å²) < 4.78 is 0. The summed E-state index contributed by atoms with van der Waals surface area (Å²) in [5, 5.41) is 3.91. The molecule has 1 aromatic heterocycles. The van der Waals surface area contributed by atoms with Gasteiger partial charge in [-0.2, -0.15) is 5.10 Å². The Labute approximate surface area is 118 Å². The Morgan fingerprint density at radius 2 is 1.90 bits per heavy atom. The van der Waals surface area contributed by atoms with Gasteiger partial charge in [0.05, 0.1) is 6.21 Å². The molecule has 1 aromatic carbocycles. The Hall–Kier alpha value is -2.49. The lowest BCUT2D eigenvalue weighted by Crippen LogP contribution is -2.17. The molecule has 0 unspecified atom stereocenters. The molecule has 0 spiro atoms. The molecule has 4 heteroatoms. The van der Waals surface area contributed by atoms with Gasteiger partial charge in [0.15, 0.2) is 0 Å². The second-order valence-electron chi connectivity index (χ2n) is 4.41. The van der Waals surface area contributed by atoms with Gasteiger partial charge >= 0.3 is 0 Å². The molecule has 0 aliphatic rings. The summed E-state index contributed by atoms with van der Waals surface area (Å²) in [5.74, 6) is -0.0637. The van der Waals surface area contributed by atoms with Gasteiger partial charge in [-0.25, -0.2) is 5.43 Å². The van der Waals surface area contributed by atoms with E-state index in [1.165, 1.54) is 5.56 Å². The number of aromatic nitrogens is 1. The molecule has 20 heavy (non-hydrogen) atoms. The van der Waals surface area contributed by atoms with Gasteiger partial charge in [-0.15, -0.1) is 0 Å². The molecule has 1 N–H and O–H groups in total. The molecule has 0 saturated carbocycles. The van der Waals surface area contributed by atoms with Crippen LogP contribution in [0, 0.1) is 0 Å². The fraction of sp³-hybridized carbons (Fsp3) is 0.188. The van der Waals surface area contributed by atoms with Crippen LogP contribution in [0.4, 0.5) is 0 Å².